The van der Waals surface area contributed by atoms with Gasteiger partial charge in [-0.1, -0.05) is 0 Å². The van der Waals surface area contributed by atoms with Gasteiger partial charge in [-0.05, 0) is 6.42 Å². The van der Waals surface area contributed by atoms with Crippen LogP contribution in [0.25, 0.3) is 0 Å². The second kappa shape index (κ2) is 4.06. The minimum absolute atomic E-state index is 0.461. The average Bonchev–Trinajstić information content (AvgIpc) is 2.32. The zero-order valence-corrected chi connectivity index (χ0v) is 7.45. The molecule has 0 aliphatic rings. The molecule has 5 nitrogen and oxygen atoms in total. The van der Waals surface area contributed by atoms with Crippen molar-refractivity contribution in [1.29, 1.82) is 0 Å². The Kier molecular flexibility index (Phi) is 3.04. The van der Waals surface area contributed by atoms with Crippen molar-refractivity contribution in [2.75, 3.05) is 19.5 Å². The standard InChI is InChI=1S/C7H14N4O/c1-11-7(8)9-6(10-11)4-3-5-12-2/h3-5H2,1-2H3,(H2,8,9,10). The lowest BCUT2D eigenvalue weighted by Crippen LogP contribution is -1.98. The number of anilines is 1. The predicted molar refractivity (Wildman–Crippen MR) is 45.6 cm³/mol. The number of methoxy groups -OCH3 is 1. The molecule has 0 bridgehead atoms. The van der Waals surface area contributed by atoms with Crippen LogP contribution < -0.4 is 5.73 Å². The molecule has 0 saturated heterocycles. The van der Waals surface area contributed by atoms with E-state index in [1.807, 2.05) is 0 Å². The van der Waals surface area contributed by atoms with E-state index in [2.05, 4.69) is 10.1 Å². The molecule has 68 valence electrons. The summed E-state index contributed by atoms with van der Waals surface area (Å²) in [6.07, 6.45) is 1.75. The van der Waals surface area contributed by atoms with Crippen LogP contribution in [0.3, 0.4) is 0 Å². The number of nitrogens with zero attached hydrogens (tertiary/aromatic N) is 3. The molecule has 0 spiro atoms. The molecule has 2 N–H and O–H groups in total. The van der Waals surface area contributed by atoms with E-state index < -0.39 is 0 Å². The Morgan fingerprint density at radius 3 is 2.83 bits per heavy atom. The van der Waals surface area contributed by atoms with Gasteiger partial charge in [0.2, 0.25) is 5.95 Å². The highest BCUT2D eigenvalue weighted by molar-refractivity contribution is 5.15. The molecule has 1 aromatic rings. The average molecular weight is 170 g/mol. The molecule has 1 aromatic heterocycles. The number of aryl methyl sites for hydroxylation is 2. The number of nitrogens with two attached hydrogens (primary N) is 1. The van der Waals surface area contributed by atoms with Crippen LogP contribution in [0.5, 0.6) is 0 Å². The van der Waals surface area contributed by atoms with Gasteiger partial charge in [0, 0.05) is 27.2 Å². The number of nitrogen functional groups attached to an aromatic ring is 1. The lowest BCUT2D eigenvalue weighted by molar-refractivity contribution is 0.194. The van der Waals surface area contributed by atoms with E-state index in [4.69, 9.17) is 10.5 Å². The molecule has 5 heteroatoms. The third-order valence-electron chi connectivity index (χ3n) is 1.59. The first-order valence-electron chi connectivity index (χ1n) is 3.88. The van der Waals surface area contributed by atoms with Crippen molar-refractivity contribution >= 4 is 5.95 Å². The maximum atomic E-state index is 5.50. The van der Waals surface area contributed by atoms with Crippen LogP contribution in [0, 0.1) is 0 Å². The maximum Gasteiger partial charge on any atom is 0.218 e. The summed E-state index contributed by atoms with van der Waals surface area (Å²) >= 11 is 0. The number of hydrogen-bond donors (Lipinski definition) is 1. The number of rotatable bonds is 4. The van der Waals surface area contributed by atoms with Crippen LogP contribution in [0.4, 0.5) is 5.95 Å². The molecule has 0 amide bonds. The summed E-state index contributed by atoms with van der Waals surface area (Å²) in [6, 6.07) is 0. The van der Waals surface area contributed by atoms with E-state index in [-0.39, 0.29) is 0 Å². The molecule has 1 heterocycles. The van der Waals surface area contributed by atoms with Gasteiger partial charge in [0.05, 0.1) is 0 Å². The third kappa shape index (κ3) is 2.20. The largest absolute Gasteiger partial charge is 0.385 e. The van der Waals surface area contributed by atoms with Gasteiger partial charge < -0.3 is 10.5 Å². The van der Waals surface area contributed by atoms with Crippen molar-refractivity contribution in [3.05, 3.63) is 5.82 Å². The van der Waals surface area contributed by atoms with Crippen molar-refractivity contribution in [2.24, 2.45) is 7.05 Å². The van der Waals surface area contributed by atoms with E-state index in [0.717, 1.165) is 25.3 Å². The second-order valence-electron chi connectivity index (χ2n) is 2.61. The predicted octanol–water partition coefficient (Wildman–Crippen LogP) is -0.0237. The fraction of sp³-hybridized carbons (Fsp3) is 0.714. The number of ether oxygens (including phenoxy) is 1. The molecule has 0 aromatic carbocycles. The fourth-order valence-electron chi connectivity index (χ4n) is 0.932. The molecule has 0 aliphatic heterocycles. The highest BCUT2D eigenvalue weighted by atomic mass is 16.5. The minimum Gasteiger partial charge on any atom is -0.385 e. The topological polar surface area (TPSA) is 66.0 Å². The van der Waals surface area contributed by atoms with Gasteiger partial charge in [0.1, 0.15) is 0 Å². The van der Waals surface area contributed by atoms with Crippen LogP contribution in [0.2, 0.25) is 0 Å². The molecule has 0 fully saturated rings. The monoisotopic (exact) mass is 170 g/mol. The summed E-state index contributed by atoms with van der Waals surface area (Å²) in [4.78, 5) is 4.06. The van der Waals surface area contributed by atoms with Crippen LogP contribution in [0.1, 0.15) is 12.2 Å². The summed E-state index contributed by atoms with van der Waals surface area (Å²) in [7, 11) is 3.46. The first kappa shape index (κ1) is 8.99. The Balaban J connectivity index is 2.42. The Labute approximate surface area is 71.5 Å². The smallest absolute Gasteiger partial charge is 0.218 e. The van der Waals surface area contributed by atoms with Gasteiger partial charge in [-0.15, -0.1) is 0 Å². The van der Waals surface area contributed by atoms with Crippen molar-refractivity contribution < 1.29 is 4.74 Å². The van der Waals surface area contributed by atoms with Crippen LogP contribution in [-0.2, 0) is 18.2 Å². The quantitative estimate of drug-likeness (QED) is 0.645. The lowest BCUT2D eigenvalue weighted by Gasteiger charge is -1.93. The molecule has 0 saturated carbocycles. The van der Waals surface area contributed by atoms with E-state index in [1.54, 1.807) is 18.8 Å². The summed E-state index contributed by atoms with van der Waals surface area (Å²) in [6.45, 7) is 0.734. The van der Waals surface area contributed by atoms with E-state index in [0.29, 0.717) is 5.95 Å². The molecular formula is C7H14N4O. The number of aromatic nitrogens is 3. The van der Waals surface area contributed by atoms with Crippen LogP contribution >= 0.6 is 0 Å². The van der Waals surface area contributed by atoms with Gasteiger partial charge in [0.15, 0.2) is 5.82 Å². The second-order valence-corrected chi connectivity index (χ2v) is 2.61. The van der Waals surface area contributed by atoms with Gasteiger partial charge in [-0.25, -0.2) is 4.68 Å². The Morgan fingerprint density at radius 2 is 2.33 bits per heavy atom. The van der Waals surface area contributed by atoms with Crippen LogP contribution in [-0.4, -0.2) is 28.5 Å². The van der Waals surface area contributed by atoms with E-state index in [9.17, 15) is 0 Å². The van der Waals surface area contributed by atoms with E-state index >= 15 is 0 Å². The van der Waals surface area contributed by atoms with Crippen molar-refractivity contribution in [3.8, 4) is 0 Å². The van der Waals surface area contributed by atoms with Gasteiger partial charge in [0.25, 0.3) is 0 Å². The summed E-state index contributed by atoms with van der Waals surface area (Å²) in [5, 5.41) is 4.11. The van der Waals surface area contributed by atoms with Gasteiger partial charge in [-0.2, -0.15) is 10.1 Å². The molecule has 1 rings (SSSR count). The molecule has 0 radical (unpaired) electrons. The number of hydrogen-bond acceptors (Lipinski definition) is 4. The summed E-state index contributed by atoms with van der Waals surface area (Å²) in [5.74, 6) is 1.24. The molecule has 12 heavy (non-hydrogen) atoms. The zero-order valence-electron chi connectivity index (χ0n) is 7.45. The summed E-state index contributed by atoms with van der Waals surface area (Å²) < 4.78 is 6.48. The molecule has 0 unspecified atom stereocenters. The van der Waals surface area contributed by atoms with E-state index in [1.165, 1.54) is 0 Å². The van der Waals surface area contributed by atoms with Crippen molar-refractivity contribution in [1.82, 2.24) is 14.8 Å². The van der Waals surface area contributed by atoms with Crippen LogP contribution in [0.15, 0.2) is 0 Å². The molecule has 0 aliphatic carbocycles. The van der Waals surface area contributed by atoms with Gasteiger partial charge in [-0.3, -0.25) is 0 Å². The SMILES string of the molecule is COCCCc1nc(N)n(C)n1. The summed E-state index contributed by atoms with van der Waals surface area (Å²) in [5.41, 5.74) is 5.50. The highest BCUT2D eigenvalue weighted by Crippen LogP contribution is 2.00. The zero-order chi connectivity index (χ0) is 8.97. The lowest BCUT2D eigenvalue weighted by atomic mass is 10.3. The van der Waals surface area contributed by atoms with Crippen molar-refractivity contribution in [3.63, 3.8) is 0 Å². The maximum absolute atomic E-state index is 5.50. The third-order valence-corrected chi connectivity index (χ3v) is 1.59. The Bertz CT molecular complexity index is 226. The molecular weight excluding hydrogens is 156 g/mol. The molecule has 0 atom stereocenters. The van der Waals surface area contributed by atoms with Gasteiger partial charge >= 0.3 is 0 Å². The Morgan fingerprint density at radius 1 is 1.58 bits per heavy atom. The first-order chi connectivity index (χ1) is 5.74. The van der Waals surface area contributed by atoms with Crippen molar-refractivity contribution in [2.45, 2.75) is 12.8 Å². The fourth-order valence-corrected chi connectivity index (χ4v) is 0.932. The minimum atomic E-state index is 0.461. The highest BCUT2D eigenvalue weighted by Gasteiger charge is 2.02. The normalized spacial score (nSPS) is 10.5. The Hall–Kier alpha value is -1.10. The first-order valence-corrected chi connectivity index (χ1v) is 3.88.